The Balaban J connectivity index is 1.81. The molecule has 0 bridgehead atoms. The third-order valence-corrected chi connectivity index (χ3v) is 4.38. The van der Waals surface area contributed by atoms with Gasteiger partial charge in [-0.25, -0.2) is 4.98 Å². The summed E-state index contributed by atoms with van der Waals surface area (Å²) >= 11 is 6.25. The highest BCUT2D eigenvalue weighted by molar-refractivity contribution is 6.31. The van der Waals surface area contributed by atoms with E-state index in [9.17, 15) is 0 Å². The van der Waals surface area contributed by atoms with Crippen molar-refractivity contribution < 1.29 is 0 Å². The Labute approximate surface area is 125 Å². The molecule has 3 rings (SSSR count). The summed E-state index contributed by atoms with van der Waals surface area (Å²) in [6.07, 6.45) is 7.59. The Hall–Kier alpha value is -1.32. The zero-order valence-electron chi connectivity index (χ0n) is 11.7. The van der Waals surface area contributed by atoms with E-state index in [0.29, 0.717) is 12.1 Å². The molecule has 2 aromatic rings. The van der Waals surface area contributed by atoms with Crippen LogP contribution in [0.15, 0.2) is 36.8 Å². The summed E-state index contributed by atoms with van der Waals surface area (Å²) < 4.78 is 2.21. The van der Waals surface area contributed by atoms with E-state index in [4.69, 9.17) is 11.6 Å². The molecule has 2 heterocycles. The van der Waals surface area contributed by atoms with E-state index in [1.807, 2.05) is 30.7 Å². The summed E-state index contributed by atoms with van der Waals surface area (Å²) in [6, 6.07) is 8.99. The number of rotatable bonds is 3. The summed E-state index contributed by atoms with van der Waals surface area (Å²) in [7, 11) is 0. The van der Waals surface area contributed by atoms with Crippen molar-refractivity contribution in [3.05, 3.63) is 53.1 Å². The molecule has 0 radical (unpaired) electrons. The molecule has 1 N–H and O–H groups in total. The molecular weight excluding hydrogens is 270 g/mol. The van der Waals surface area contributed by atoms with Crippen molar-refractivity contribution in [3.8, 4) is 0 Å². The number of halogens is 1. The lowest BCUT2D eigenvalue weighted by atomic mass is 9.97. The maximum atomic E-state index is 6.25. The summed E-state index contributed by atoms with van der Waals surface area (Å²) in [6.45, 7) is 3.03. The van der Waals surface area contributed by atoms with Crippen LogP contribution in [0.3, 0.4) is 0 Å². The number of hydrogen-bond acceptors (Lipinski definition) is 2. The molecule has 2 atom stereocenters. The van der Waals surface area contributed by atoms with Crippen LogP contribution in [0.4, 0.5) is 0 Å². The van der Waals surface area contributed by atoms with E-state index < -0.39 is 0 Å². The average molecular weight is 290 g/mol. The number of hydrogen-bond donors (Lipinski definition) is 1. The van der Waals surface area contributed by atoms with Gasteiger partial charge in [0.25, 0.3) is 0 Å². The van der Waals surface area contributed by atoms with Crippen molar-refractivity contribution in [1.82, 2.24) is 14.9 Å². The van der Waals surface area contributed by atoms with Gasteiger partial charge in [0.1, 0.15) is 0 Å². The van der Waals surface area contributed by atoms with Gasteiger partial charge < -0.3 is 9.88 Å². The fourth-order valence-electron chi connectivity index (χ4n) is 2.93. The van der Waals surface area contributed by atoms with Gasteiger partial charge in [0.05, 0.1) is 18.6 Å². The molecule has 20 heavy (non-hydrogen) atoms. The van der Waals surface area contributed by atoms with Crippen LogP contribution in [0.5, 0.6) is 0 Å². The standard InChI is InChI=1S/C16H20ClN3/c1-12-5-4-8-15(19-12)16-9-18-11-20(16)10-13-6-2-3-7-14(13)17/h2-3,6-7,9,11-12,15,19H,4-5,8,10H2,1H3. The van der Waals surface area contributed by atoms with Crippen LogP contribution in [0.2, 0.25) is 5.02 Å². The van der Waals surface area contributed by atoms with Crippen molar-refractivity contribution in [2.24, 2.45) is 0 Å². The number of nitrogens with zero attached hydrogens (tertiary/aromatic N) is 2. The number of imidazole rings is 1. The molecule has 2 unspecified atom stereocenters. The fourth-order valence-corrected chi connectivity index (χ4v) is 3.13. The average Bonchev–Trinajstić information content (AvgIpc) is 2.90. The van der Waals surface area contributed by atoms with Crippen LogP contribution in [-0.2, 0) is 6.54 Å². The fraction of sp³-hybridized carbons (Fsp3) is 0.438. The molecule has 1 saturated heterocycles. The maximum Gasteiger partial charge on any atom is 0.0951 e. The first kappa shape index (κ1) is 13.7. The Morgan fingerprint density at radius 2 is 2.20 bits per heavy atom. The van der Waals surface area contributed by atoms with Crippen molar-refractivity contribution in [1.29, 1.82) is 0 Å². The maximum absolute atomic E-state index is 6.25. The smallest absolute Gasteiger partial charge is 0.0951 e. The number of aromatic nitrogens is 2. The normalized spacial score (nSPS) is 22.9. The highest BCUT2D eigenvalue weighted by Gasteiger charge is 2.22. The van der Waals surface area contributed by atoms with E-state index >= 15 is 0 Å². The Bertz CT molecular complexity index is 579. The Morgan fingerprint density at radius 3 is 3.00 bits per heavy atom. The van der Waals surface area contributed by atoms with Gasteiger partial charge >= 0.3 is 0 Å². The lowest BCUT2D eigenvalue weighted by molar-refractivity contribution is 0.330. The minimum atomic E-state index is 0.406. The topological polar surface area (TPSA) is 29.9 Å². The van der Waals surface area contributed by atoms with E-state index in [1.54, 1.807) is 0 Å². The van der Waals surface area contributed by atoms with E-state index in [1.165, 1.54) is 25.0 Å². The third kappa shape index (κ3) is 2.89. The highest BCUT2D eigenvalue weighted by atomic mass is 35.5. The lowest BCUT2D eigenvalue weighted by Gasteiger charge is -2.29. The van der Waals surface area contributed by atoms with Crippen molar-refractivity contribution in [2.45, 2.75) is 44.8 Å². The minimum absolute atomic E-state index is 0.406. The summed E-state index contributed by atoms with van der Waals surface area (Å²) in [5.41, 5.74) is 2.40. The van der Waals surface area contributed by atoms with Crippen molar-refractivity contribution >= 4 is 11.6 Å². The van der Waals surface area contributed by atoms with Crippen LogP contribution >= 0.6 is 11.6 Å². The molecule has 1 aromatic heterocycles. The monoisotopic (exact) mass is 289 g/mol. The molecule has 1 aromatic carbocycles. The SMILES string of the molecule is CC1CCCC(c2cncn2Cc2ccccc2Cl)N1. The molecule has 4 heteroatoms. The molecular formula is C16H20ClN3. The lowest BCUT2D eigenvalue weighted by Crippen LogP contribution is -2.35. The predicted molar refractivity (Wildman–Crippen MR) is 82.0 cm³/mol. The Kier molecular flexibility index (Phi) is 4.08. The number of piperidine rings is 1. The first-order chi connectivity index (χ1) is 9.74. The van der Waals surface area contributed by atoms with Crippen LogP contribution in [0.25, 0.3) is 0 Å². The van der Waals surface area contributed by atoms with E-state index in [0.717, 1.165) is 17.1 Å². The first-order valence-corrected chi connectivity index (χ1v) is 7.61. The van der Waals surface area contributed by atoms with E-state index in [2.05, 4.69) is 27.9 Å². The second-order valence-corrected chi connectivity index (χ2v) is 6.00. The van der Waals surface area contributed by atoms with Gasteiger partial charge in [-0.3, -0.25) is 0 Å². The molecule has 0 saturated carbocycles. The van der Waals surface area contributed by atoms with Gasteiger partial charge in [-0.1, -0.05) is 29.8 Å². The number of nitrogens with one attached hydrogen (secondary N) is 1. The quantitative estimate of drug-likeness (QED) is 0.932. The zero-order valence-corrected chi connectivity index (χ0v) is 12.5. The van der Waals surface area contributed by atoms with Crippen LogP contribution in [0.1, 0.15) is 43.5 Å². The molecule has 0 spiro atoms. The summed E-state index contributed by atoms with van der Waals surface area (Å²) in [5.74, 6) is 0. The number of benzene rings is 1. The van der Waals surface area contributed by atoms with Crippen LogP contribution in [-0.4, -0.2) is 15.6 Å². The second-order valence-electron chi connectivity index (χ2n) is 5.59. The van der Waals surface area contributed by atoms with Gasteiger partial charge in [0, 0.05) is 23.3 Å². The van der Waals surface area contributed by atoms with Crippen molar-refractivity contribution in [2.75, 3.05) is 0 Å². The molecule has 0 amide bonds. The third-order valence-electron chi connectivity index (χ3n) is 4.02. The Morgan fingerprint density at radius 1 is 1.35 bits per heavy atom. The summed E-state index contributed by atoms with van der Waals surface area (Å²) in [4.78, 5) is 4.33. The van der Waals surface area contributed by atoms with Gasteiger partial charge in [-0.05, 0) is 37.8 Å². The summed E-state index contributed by atoms with van der Waals surface area (Å²) in [5, 5.41) is 4.48. The highest BCUT2D eigenvalue weighted by Crippen LogP contribution is 2.26. The van der Waals surface area contributed by atoms with Crippen LogP contribution < -0.4 is 5.32 Å². The zero-order chi connectivity index (χ0) is 13.9. The van der Waals surface area contributed by atoms with Gasteiger partial charge in [-0.15, -0.1) is 0 Å². The molecule has 1 fully saturated rings. The first-order valence-electron chi connectivity index (χ1n) is 7.23. The largest absolute Gasteiger partial charge is 0.329 e. The predicted octanol–water partition coefficient (Wildman–Crippen LogP) is 3.79. The van der Waals surface area contributed by atoms with Crippen molar-refractivity contribution in [3.63, 3.8) is 0 Å². The van der Waals surface area contributed by atoms with Gasteiger partial charge in [-0.2, -0.15) is 0 Å². The van der Waals surface area contributed by atoms with Crippen LogP contribution in [0, 0.1) is 0 Å². The van der Waals surface area contributed by atoms with Gasteiger partial charge in [0.2, 0.25) is 0 Å². The molecule has 106 valence electrons. The molecule has 3 nitrogen and oxygen atoms in total. The molecule has 1 aliphatic heterocycles. The molecule has 0 aliphatic carbocycles. The van der Waals surface area contributed by atoms with Gasteiger partial charge in [0.15, 0.2) is 0 Å². The second kappa shape index (κ2) is 5.98. The minimum Gasteiger partial charge on any atom is -0.329 e. The van der Waals surface area contributed by atoms with E-state index in [-0.39, 0.29) is 0 Å². The molecule has 1 aliphatic rings.